The fraction of sp³-hybridized carbons (Fsp3) is 0.524. The molecule has 2 atom stereocenters. The van der Waals surface area contributed by atoms with E-state index in [1.165, 1.54) is 19.9 Å². The largest absolute Gasteiger partial charge is 0.379 e. The van der Waals surface area contributed by atoms with Crippen molar-refractivity contribution >= 4 is 31.4 Å². The van der Waals surface area contributed by atoms with Gasteiger partial charge in [-0.15, -0.1) is 11.3 Å². The summed E-state index contributed by atoms with van der Waals surface area (Å²) >= 11 is 1.19. The zero-order valence-corrected chi connectivity index (χ0v) is 20.2. The second-order valence-electron chi connectivity index (χ2n) is 8.25. The Morgan fingerprint density at radius 1 is 0.969 bits per heavy atom. The molecule has 2 N–H and O–H groups in total. The van der Waals surface area contributed by atoms with Crippen LogP contribution < -0.4 is 5.73 Å². The van der Waals surface area contributed by atoms with E-state index in [1.807, 2.05) is 30.3 Å². The monoisotopic (exact) mass is 499 g/mol. The molecule has 176 valence electrons. The predicted molar refractivity (Wildman–Crippen MR) is 124 cm³/mol. The molecule has 2 aliphatic rings. The van der Waals surface area contributed by atoms with Crippen LogP contribution in [0.3, 0.4) is 0 Å². The van der Waals surface area contributed by atoms with Crippen molar-refractivity contribution in [1.82, 2.24) is 8.61 Å². The number of hydrogen-bond donors (Lipinski definition) is 1. The highest BCUT2D eigenvalue weighted by molar-refractivity contribution is 7.93. The van der Waals surface area contributed by atoms with Gasteiger partial charge < -0.3 is 10.5 Å². The molecule has 0 radical (unpaired) electrons. The number of hydrogen-bond acceptors (Lipinski definition) is 7. The summed E-state index contributed by atoms with van der Waals surface area (Å²) in [5.41, 5.74) is 6.67. The number of morpholine rings is 1. The van der Waals surface area contributed by atoms with Gasteiger partial charge in [0.25, 0.3) is 10.2 Å². The summed E-state index contributed by atoms with van der Waals surface area (Å²) in [7, 11) is -7.24. The van der Waals surface area contributed by atoms with Crippen LogP contribution in [-0.4, -0.2) is 70.6 Å². The highest BCUT2D eigenvalue weighted by atomic mass is 32.2. The Morgan fingerprint density at radius 3 is 2.34 bits per heavy atom. The predicted octanol–water partition coefficient (Wildman–Crippen LogP) is 1.66. The summed E-state index contributed by atoms with van der Waals surface area (Å²) in [5, 5.41) is 0. The van der Waals surface area contributed by atoms with E-state index < -0.39 is 20.0 Å². The van der Waals surface area contributed by atoms with E-state index in [1.54, 1.807) is 12.1 Å². The number of rotatable bonds is 7. The molecule has 0 bridgehead atoms. The van der Waals surface area contributed by atoms with E-state index in [0.29, 0.717) is 50.0 Å². The van der Waals surface area contributed by atoms with Crippen molar-refractivity contribution in [3.05, 3.63) is 52.9 Å². The molecule has 0 saturated carbocycles. The Labute approximate surface area is 194 Å². The molecule has 11 heteroatoms. The molecule has 2 fully saturated rings. The van der Waals surface area contributed by atoms with E-state index in [-0.39, 0.29) is 24.1 Å². The van der Waals surface area contributed by atoms with Crippen LogP contribution in [0, 0.1) is 5.92 Å². The average Bonchev–Trinajstić information content (AvgIpc) is 3.30. The summed E-state index contributed by atoms with van der Waals surface area (Å²) in [6, 6.07) is 13.1. The van der Waals surface area contributed by atoms with Crippen molar-refractivity contribution in [1.29, 1.82) is 0 Å². The number of piperidine rings is 1. The molecule has 4 rings (SSSR count). The van der Waals surface area contributed by atoms with Crippen LogP contribution in [0.15, 0.2) is 46.7 Å². The van der Waals surface area contributed by atoms with Gasteiger partial charge in [-0.2, -0.15) is 17.0 Å². The molecular formula is C21H29N3O5S3. The molecule has 2 aromatic rings. The minimum Gasteiger partial charge on any atom is -0.379 e. The summed E-state index contributed by atoms with van der Waals surface area (Å²) in [5.74, 6) is -0.460. The first kappa shape index (κ1) is 23.8. The van der Waals surface area contributed by atoms with Crippen LogP contribution in [0.25, 0.3) is 0 Å². The average molecular weight is 500 g/mol. The first-order chi connectivity index (χ1) is 15.3. The van der Waals surface area contributed by atoms with Crippen LogP contribution in [0.4, 0.5) is 0 Å². The third-order valence-corrected chi connectivity index (χ3v) is 11.5. The summed E-state index contributed by atoms with van der Waals surface area (Å²) in [6.45, 7) is 2.20. The van der Waals surface area contributed by atoms with Crippen molar-refractivity contribution in [2.24, 2.45) is 11.7 Å². The maximum Gasteiger partial charge on any atom is 0.282 e. The Kier molecular flexibility index (Phi) is 7.35. The van der Waals surface area contributed by atoms with Crippen LogP contribution in [-0.2, 0) is 31.3 Å². The second kappa shape index (κ2) is 9.88. The lowest BCUT2D eigenvalue weighted by atomic mass is 9.86. The Bertz CT molecular complexity index is 1110. The molecule has 32 heavy (non-hydrogen) atoms. The minimum atomic E-state index is -3.70. The SMILES string of the molecule is NCc1ccc(S(=O)(=O)C[C@H]2C[C@@H](c3ccccc3)CN(S(=O)(=O)N3CCOCC3)C2)s1. The van der Waals surface area contributed by atoms with Crippen molar-refractivity contribution in [2.45, 2.75) is 23.1 Å². The van der Waals surface area contributed by atoms with Gasteiger partial charge in [0.05, 0.1) is 19.0 Å². The molecule has 1 aromatic heterocycles. The van der Waals surface area contributed by atoms with Gasteiger partial charge in [-0.25, -0.2) is 8.42 Å². The van der Waals surface area contributed by atoms with Crippen molar-refractivity contribution in [2.75, 3.05) is 45.1 Å². The van der Waals surface area contributed by atoms with Crippen molar-refractivity contribution in [3.8, 4) is 0 Å². The molecule has 1 aromatic carbocycles. The molecule has 8 nitrogen and oxygen atoms in total. The van der Waals surface area contributed by atoms with E-state index >= 15 is 0 Å². The van der Waals surface area contributed by atoms with Gasteiger partial charge in [-0.1, -0.05) is 30.3 Å². The minimum absolute atomic E-state index is 0.0658. The maximum absolute atomic E-state index is 13.4. The maximum atomic E-state index is 13.4. The van der Waals surface area contributed by atoms with Crippen LogP contribution in [0.1, 0.15) is 22.8 Å². The van der Waals surface area contributed by atoms with Gasteiger partial charge in [0.1, 0.15) is 4.21 Å². The molecule has 0 unspecified atom stereocenters. The molecular weight excluding hydrogens is 470 g/mol. The molecule has 0 amide bonds. The van der Waals surface area contributed by atoms with Gasteiger partial charge in [0.2, 0.25) is 0 Å². The number of ether oxygens (including phenoxy) is 1. The lowest BCUT2D eigenvalue weighted by Gasteiger charge is -2.40. The van der Waals surface area contributed by atoms with E-state index in [0.717, 1.165) is 10.4 Å². The fourth-order valence-corrected chi connectivity index (χ4v) is 9.06. The highest BCUT2D eigenvalue weighted by Crippen LogP contribution is 2.35. The highest BCUT2D eigenvalue weighted by Gasteiger charge is 2.39. The lowest BCUT2D eigenvalue weighted by Crippen LogP contribution is -2.53. The summed E-state index contributed by atoms with van der Waals surface area (Å²) < 4.78 is 61.5. The van der Waals surface area contributed by atoms with Gasteiger partial charge in [0, 0.05) is 37.6 Å². The molecule has 0 spiro atoms. The van der Waals surface area contributed by atoms with E-state index in [2.05, 4.69) is 0 Å². The quantitative estimate of drug-likeness (QED) is 0.621. The fourth-order valence-electron chi connectivity index (χ4n) is 4.40. The van der Waals surface area contributed by atoms with Crippen molar-refractivity contribution < 1.29 is 21.6 Å². The van der Waals surface area contributed by atoms with Crippen LogP contribution in [0.5, 0.6) is 0 Å². The third-order valence-electron chi connectivity index (χ3n) is 6.00. The van der Waals surface area contributed by atoms with Gasteiger partial charge in [-0.3, -0.25) is 0 Å². The summed E-state index contributed by atoms with van der Waals surface area (Å²) in [4.78, 5) is 0.811. The third kappa shape index (κ3) is 5.24. The number of sulfone groups is 1. The lowest BCUT2D eigenvalue weighted by molar-refractivity contribution is 0.0689. The Hall–Kier alpha value is -1.34. The normalized spacial score (nSPS) is 23.9. The summed E-state index contributed by atoms with van der Waals surface area (Å²) in [6.07, 6.45) is 0.619. The van der Waals surface area contributed by atoms with Crippen molar-refractivity contribution in [3.63, 3.8) is 0 Å². The standard InChI is InChI=1S/C21H29N3O5S3/c22-13-20-6-7-21(30-20)31(25,26)16-17-12-19(18-4-2-1-3-5-18)15-24(14-17)32(27,28)23-8-10-29-11-9-23/h1-7,17,19H,8-16,22H2/t17-,19+/m0/s1. The van der Waals surface area contributed by atoms with Crippen LogP contribution >= 0.6 is 11.3 Å². The zero-order chi connectivity index (χ0) is 22.8. The number of nitrogens with two attached hydrogens (primary N) is 1. The molecule has 3 heterocycles. The van der Waals surface area contributed by atoms with E-state index in [9.17, 15) is 16.8 Å². The van der Waals surface area contributed by atoms with Gasteiger partial charge >= 0.3 is 0 Å². The number of thiophene rings is 1. The molecule has 2 saturated heterocycles. The molecule has 2 aliphatic heterocycles. The second-order valence-corrected chi connectivity index (χ2v) is 13.6. The first-order valence-electron chi connectivity index (χ1n) is 10.7. The number of nitrogens with zero attached hydrogens (tertiary/aromatic N) is 2. The Morgan fingerprint density at radius 2 is 1.69 bits per heavy atom. The first-order valence-corrected chi connectivity index (χ1v) is 14.6. The topological polar surface area (TPSA) is 110 Å². The Balaban J connectivity index is 1.59. The number of benzene rings is 1. The van der Waals surface area contributed by atoms with Crippen LogP contribution in [0.2, 0.25) is 0 Å². The van der Waals surface area contributed by atoms with Gasteiger partial charge in [-0.05, 0) is 36.0 Å². The zero-order valence-electron chi connectivity index (χ0n) is 17.8. The van der Waals surface area contributed by atoms with Gasteiger partial charge in [0.15, 0.2) is 9.84 Å². The molecule has 0 aliphatic carbocycles. The smallest absolute Gasteiger partial charge is 0.282 e. The van der Waals surface area contributed by atoms with E-state index in [4.69, 9.17) is 10.5 Å².